The van der Waals surface area contributed by atoms with Gasteiger partial charge in [-0.1, -0.05) is 19.4 Å². The highest BCUT2D eigenvalue weighted by atomic mass is 19.1. The quantitative estimate of drug-likeness (QED) is 0.565. The first-order chi connectivity index (χ1) is 8.15. The van der Waals surface area contributed by atoms with Gasteiger partial charge in [-0.15, -0.1) is 0 Å². The maximum Gasteiger partial charge on any atom is 0.306 e. The monoisotopic (exact) mass is 242 g/mol. The fourth-order valence-corrected chi connectivity index (χ4v) is 1.40. The molecule has 94 valence electrons. The zero-order valence-electron chi connectivity index (χ0n) is 9.84. The molecule has 17 heavy (non-hydrogen) atoms. The highest BCUT2D eigenvalue weighted by Crippen LogP contribution is 2.14. The first kappa shape index (κ1) is 13.6. The van der Waals surface area contributed by atoms with Crippen molar-refractivity contribution in [3.63, 3.8) is 0 Å². The number of unbranched alkanes of at least 4 members (excludes halogenated alkanes) is 1. The zero-order valence-corrected chi connectivity index (χ0v) is 9.84. The molecule has 0 unspecified atom stereocenters. The lowest BCUT2D eigenvalue weighted by molar-refractivity contribution is -0.143. The largest absolute Gasteiger partial charge is 0.466 e. The predicted molar refractivity (Wildman–Crippen MR) is 60.5 cm³/mol. The molecule has 0 heterocycles. The summed E-state index contributed by atoms with van der Waals surface area (Å²) in [6.45, 7) is 2.36. The van der Waals surface area contributed by atoms with Crippen molar-refractivity contribution in [1.29, 1.82) is 0 Å². The van der Waals surface area contributed by atoms with E-state index in [0.717, 1.165) is 12.8 Å². The van der Waals surface area contributed by atoms with E-state index in [1.165, 1.54) is 18.2 Å². The number of carbonyl (C=O) groups is 1. The number of rotatable bonds is 6. The molecule has 0 saturated carbocycles. The van der Waals surface area contributed by atoms with Crippen molar-refractivity contribution in [2.45, 2.75) is 32.6 Å². The van der Waals surface area contributed by atoms with Gasteiger partial charge in [0, 0.05) is 12.0 Å². The van der Waals surface area contributed by atoms with Crippen LogP contribution in [0.5, 0.6) is 0 Å². The van der Waals surface area contributed by atoms with Crippen LogP contribution in [0.1, 0.15) is 31.7 Å². The van der Waals surface area contributed by atoms with Gasteiger partial charge >= 0.3 is 5.97 Å². The third kappa shape index (κ3) is 4.51. The summed E-state index contributed by atoms with van der Waals surface area (Å²) in [7, 11) is 0. The van der Waals surface area contributed by atoms with Crippen LogP contribution in [0.15, 0.2) is 18.2 Å². The number of ether oxygens (including phenoxy) is 1. The Bertz CT molecular complexity index is 357. The van der Waals surface area contributed by atoms with Gasteiger partial charge in [-0.25, -0.2) is 8.78 Å². The van der Waals surface area contributed by atoms with Gasteiger partial charge < -0.3 is 4.74 Å². The number of benzene rings is 1. The number of hydrogen-bond donors (Lipinski definition) is 0. The third-order valence-corrected chi connectivity index (χ3v) is 2.40. The zero-order chi connectivity index (χ0) is 12.7. The van der Waals surface area contributed by atoms with Gasteiger partial charge in [0.15, 0.2) is 0 Å². The summed E-state index contributed by atoms with van der Waals surface area (Å²) in [6.07, 6.45) is 1.78. The Hall–Kier alpha value is -1.45. The number of carbonyl (C=O) groups excluding carboxylic acids is 1. The number of hydrogen-bond acceptors (Lipinski definition) is 2. The van der Waals surface area contributed by atoms with Crippen molar-refractivity contribution in [2.75, 3.05) is 6.61 Å². The summed E-state index contributed by atoms with van der Waals surface area (Å²) in [5.74, 6) is -1.65. The molecule has 4 heteroatoms. The molecular formula is C13H16F2O2. The molecule has 1 rings (SSSR count). The first-order valence-electron chi connectivity index (χ1n) is 5.73. The minimum atomic E-state index is -0.619. The van der Waals surface area contributed by atoms with Gasteiger partial charge in [-0.3, -0.25) is 4.79 Å². The van der Waals surface area contributed by atoms with E-state index in [2.05, 4.69) is 0 Å². The van der Waals surface area contributed by atoms with Crippen LogP contribution in [0.2, 0.25) is 0 Å². The molecule has 0 aliphatic carbocycles. The second kappa shape index (κ2) is 6.99. The van der Waals surface area contributed by atoms with E-state index < -0.39 is 17.6 Å². The molecule has 1 aromatic rings. The molecule has 0 bridgehead atoms. The smallest absolute Gasteiger partial charge is 0.306 e. The van der Waals surface area contributed by atoms with Crippen molar-refractivity contribution < 1.29 is 18.3 Å². The summed E-state index contributed by atoms with van der Waals surface area (Å²) in [5, 5.41) is 0. The van der Waals surface area contributed by atoms with Crippen LogP contribution < -0.4 is 0 Å². The first-order valence-corrected chi connectivity index (χ1v) is 5.73. The summed E-state index contributed by atoms with van der Waals surface area (Å²) >= 11 is 0. The SMILES string of the molecule is CCCCOC(=O)CCc1c(F)cccc1F. The average molecular weight is 242 g/mol. The molecule has 0 aliphatic rings. The van der Waals surface area contributed by atoms with Crippen LogP contribution in [0.3, 0.4) is 0 Å². The molecule has 0 aliphatic heterocycles. The topological polar surface area (TPSA) is 26.3 Å². The lowest BCUT2D eigenvalue weighted by Crippen LogP contribution is -2.08. The Morgan fingerprint density at radius 3 is 2.53 bits per heavy atom. The highest BCUT2D eigenvalue weighted by molar-refractivity contribution is 5.69. The molecule has 0 aromatic heterocycles. The summed E-state index contributed by atoms with van der Waals surface area (Å²) < 4.78 is 31.3. The Morgan fingerprint density at radius 2 is 1.94 bits per heavy atom. The van der Waals surface area contributed by atoms with E-state index in [1.807, 2.05) is 6.92 Å². The van der Waals surface area contributed by atoms with Crippen molar-refractivity contribution in [1.82, 2.24) is 0 Å². The maximum absolute atomic E-state index is 13.2. The molecule has 0 radical (unpaired) electrons. The Kier molecular flexibility index (Phi) is 5.60. The van der Waals surface area contributed by atoms with Crippen LogP contribution in [-0.2, 0) is 16.0 Å². The lowest BCUT2D eigenvalue weighted by Gasteiger charge is -2.05. The molecule has 1 aromatic carbocycles. The second-order valence-electron chi connectivity index (χ2n) is 3.77. The Balaban J connectivity index is 2.42. The third-order valence-electron chi connectivity index (χ3n) is 2.40. The van der Waals surface area contributed by atoms with Gasteiger partial charge in [0.25, 0.3) is 0 Å². The second-order valence-corrected chi connectivity index (χ2v) is 3.77. The minimum absolute atomic E-state index is 0.00156. The summed E-state index contributed by atoms with van der Waals surface area (Å²) in [6, 6.07) is 3.66. The van der Waals surface area contributed by atoms with Crippen molar-refractivity contribution in [3.8, 4) is 0 Å². The van der Waals surface area contributed by atoms with E-state index in [1.54, 1.807) is 0 Å². The molecule has 0 saturated heterocycles. The van der Waals surface area contributed by atoms with Gasteiger partial charge in [0.2, 0.25) is 0 Å². The fourth-order valence-electron chi connectivity index (χ4n) is 1.40. The molecule has 2 nitrogen and oxygen atoms in total. The summed E-state index contributed by atoms with van der Waals surface area (Å²) in [4.78, 5) is 11.2. The van der Waals surface area contributed by atoms with Gasteiger partial charge in [0.05, 0.1) is 6.61 Å². The van der Waals surface area contributed by atoms with Gasteiger partial charge in [0.1, 0.15) is 11.6 Å². The molecule has 0 N–H and O–H groups in total. The van der Waals surface area contributed by atoms with Crippen LogP contribution in [0.25, 0.3) is 0 Å². The lowest BCUT2D eigenvalue weighted by atomic mass is 10.1. The van der Waals surface area contributed by atoms with E-state index in [-0.39, 0.29) is 18.4 Å². The van der Waals surface area contributed by atoms with Crippen LogP contribution in [0, 0.1) is 11.6 Å². The Morgan fingerprint density at radius 1 is 1.29 bits per heavy atom. The summed E-state index contributed by atoms with van der Waals surface area (Å²) in [5.41, 5.74) is -0.0556. The van der Waals surface area contributed by atoms with Crippen LogP contribution >= 0.6 is 0 Å². The number of halogens is 2. The highest BCUT2D eigenvalue weighted by Gasteiger charge is 2.11. The minimum Gasteiger partial charge on any atom is -0.466 e. The Labute approximate surface area is 99.6 Å². The molecular weight excluding hydrogens is 226 g/mol. The number of esters is 1. The fraction of sp³-hybridized carbons (Fsp3) is 0.462. The van der Waals surface area contributed by atoms with E-state index in [9.17, 15) is 13.6 Å². The molecule has 0 fully saturated rings. The van der Waals surface area contributed by atoms with Crippen molar-refractivity contribution >= 4 is 5.97 Å². The standard InChI is InChI=1S/C13H16F2O2/c1-2-3-9-17-13(16)8-7-10-11(14)5-4-6-12(10)15/h4-6H,2-3,7-9H2,1H3. The van der Waals surface area contributed by atoms with Crippen molar-refractivity contribution in [3.05, 3.63) is 35.4 Å². The predicted octanol–water partition coefficient (Wildman–Crippen LogP) is 3.24. The van der Waals surface area contributed by atoms with E-state index in [0.29, 0.717) is 6.61 Å². The molecule has 0 atom stereocenters. The molecule has 0 amide bonds. The van der Waals surface area contributed by atoms with E-state index >= 15 is 0 Å². The normalized spacial score (nSPS) is 10.3. The van der Waals surface area contributed by atoms with E-state index in [4.69, 9.17) is 4.74 Å². The van der Waals surface area contributed by atoms with Crippen molar-refractivity contribution in [2.24, 2.45) is 0 Å². The van der Waals surface area contributed by atoms with Gasteiger partial charge in [-0.2, -0.15) is 0 Å². The van der Waals surface area contributed by atoms with Crippen LogP contribution in [0.4, 0.5) is 8.78 Å². The average Bonchev–Trinajstić information content (AvgIpc) is 2.29. The van der Waals surface area contributed by atoms with Crippen LogP contribution in [-0.4, -0.2) is 12.6 Å². The maximum atomic E-state index is 13.2. The molecule has 0 spiro atoms. The van der Waals surface area contributed by atoms with Gasteiger partial charge in [-0.05, 0) is 25.0 Å².